The van der Waals surface area contributed by atoms with Crippen molar-refractivity contribution < 1.29 is 28.9 Å². The molecule has 236 valence electrons. The van der Waals surface area contributed by atoms with E-state index in [9.17, 15) is 29.8 Å². The molecule has 3 unspecified atom stereocenters. The molecule has 0 aromatic heterocycles. The molecule has 3 aliphatic carbocycles. The van der Waals surface area contributed by atoms with E-state index >= 15 is 0 Å². The maximum atomic E-state index is 15.0. The molecule has 0 N–H and O–H groups in total. The van der Waals surface area contributed by atoms with Gasteiger partial charge in [0, 0.05) is 32.8 Å². The molecule has 2 heterocycles. The van der Waals surface area contributed by atoms with Crippen LogP contribution in [0, 0.1) is 31.6 Å². The van der Waals surface area contributed by atoms with Crippen LogP contribution in [-0.4, -0.2) is 53.0 Å². The largest absolute Gasteiger partial charge is 0.468 e. The highest BCUT2D eigenvalue weighted by Gasteiger charge is 3.03. The Morgan fingerprint density at radius 3 is 2.04 bits per heavy atom. The average molecular weight is 761 g/mol. The van der Waals surface area contributed by atoms with Crippen LogP contribution in [0.4, 0.5) is 0 Å². The Hall–Kier alpha value is -4.62. The molecular weight excluding hydrogens is 738 g/mol. The van der Waals surface area contributed by atoms with Gasteiger partial charge in [0.05, 0.1) is 41.5 Å². The summed E-state index contributed by atoms with van der Waals surface area (Å²) in [6.45, 7) is 0.212. The van der Waals surface area contributed by atoms with E-state index in [1.54, 1.807) is 6.07 Å². The maximum absolute atomic E-state index is 15.0. The van der Waals surface area contributed by atoms with Crippen molar-refractivity contribution in [1.29, 1.82) is 0 Å². The van der Waals surface area contributed by atoms with Gasteiger partial charge in [-0.2, -0.15) is 0 Å². The molecule has 1 fully saturated rings. The molecule has 11 nitrogen and oxygen atoms in total. The number of fused-ring (bicyclic) bond motifs is 14. The van der Waals surface area contributed by atoms with Crippen molar-refractivity contribution in [3.63, 3.8) is 0 Å². The Labute approximate surface area is 284 Å². The lowest BCUT2D eigenvalue weighted by atomic mass is 9.67. The van der Waals surface area contributed by atoms with Crippen LogP contribution in [0.1, 0.15) is 22.3 Å². The summed E-state index contributed by atoms with van der Waals surface area (Å²) in [5.41, 5.74) is -1.82. The van der Waals surface area contributed by atoms with Gasteiger partial charge in [0.1, 0.15) is 5.41 Å². The zero-order valence-electron chi connectivity index (χ0n) is 24.8. The molecule has 5 aliphatic rings. The summed E-state index contributed by atoms with van der Waals surface area (Å²) in [7, 11) is 2.42. The fourth-order valence-electron chi connectivity index (χ4n) is 9.35. The first-order chi connectivity index (χ1) is 22.5. The summed E-state index contributed by atoms with van der Waals surface area (Å²) >= 11 is 7.19. The second-order valence-electron chi connectivity index (χ2n) is 12.1. The van der Waals surface area contributed by atoms with Crippen molar-refractivity contribution >= 4 is 49.5 Å². The van der Waals surface area contributed by atoms with Crippen LogP contribution < -0.4 is 0 Å². The second kappa shape index (κ2) is 9.71. The number of halogens is 2. The quantitative estimate of drug-likeness (QED) is 0.183. The Balaban J connectivity index is 1.64. The van der Waals surface area contributed by atoms with Gasteiger partial charge in [-0.05, 0) is 64.1 Å². The summed E-state index contributed by atoms with van der Waals surface area (Å²) in [5.74, 6) is -3.10. The number of hydrogen-bond acceptors (Lipinski definition) is 9. The first-order valence-corrected chi connectivity index (χ1v) is 16.2. The van der Waals surface area contributed by atoms with Gasteiger partial charge in [0.15, 0.2) is 5.54 Å². The molecule has 3 atom stereocenters. The highest BCUT2D eigenvalue weighted by atomic mass is 79.9. The summed E-state index contributed by atoms with van der Waals surface area (Å²) in [5, 5.41) is 25.4. The molecule has 3 aromatic carbocycles. The van der Waals surface area contributed by atoms with Crippen LogP contribution in [0.2, 0.25) is 0 Å². The van der Waals surface area contributed by atoms with Crippen LogP contribution in [0.5, 0.6) is 0 Å². The number of carbonyl (C=O) groups is 2. The van der Waals surface area contributed by atoms with E-state index in [-0.39, 0.29) is 12.1 Å². The van der Waals surface area contributed by atoms with Gasteiger partial charge >= 0.3 is 11.9 Å². The monoisotopic (exact) mass is 759 g/mol. The SMILES string of the molecule is COC(=O)C12C3C([N+](=O)[O-])=CC([N+](=O)[O-])=CC3=C3c4ccccc4CCN3C1(C(=O)OC)C21c2cc(Br)ccc2-c2ccc(Br)cc21. The van der Waals surface area contributed by atoms with Gasteiger partial charge in [0.25, 0.3) is 11.4 Å². The summed E-state index contributed by atoms with van der Waals surface area (Å²) in [4.78, 5) is 55.8. The van der Waals surface area contributed by atoms with E-state index in [2.05, 4.69) is 31.9 Å². The molecule has 47 heavy (non-hydrogen) atoms. The van der Waals surface area contributed by atoms with E-state index < -0.39 is 55.5 Å². The van der Waals surface area contributed by atoms with Gasteiger partial charge < -0.3 is 14.4 Å². The Morgan fingerprint density at radius 1 is 0.851 bits per heavy atom. The van der Waals surface area contributed by atoms with Gasteiger partial charge in [-0.3, -0.25) is 25.0 Å². The van der Waals surface area contributed by atoms with Crippen molar-refractivity contribution in [2.75, 3.05) is 20.8 Å². The summed E-state index contributed by atoms with van der Waals surface area (Å²) < 4.78 is 12.6. The normalized spacial score (nSPS) is 25.2. The van der Waals surface area contributed by atoms with E-state index in [4.69, 9.17) is 9.47 Å². The molecule has 0 amide bonds. The lowest BCUT2D eigenvalue weighted by Crippen LogP contribution is -2.58. The number of carbonyl (C=O) groups excluding carboxylic acids is 2. The van der Waals surface area contributed by atoms with Crippen molar-refractivity contribution in [1.82, 2.24) is 4.90 Å². The van der Waals surface area contributed by atoms with Crippen LogP contribution >= 0.6 is 31.9 Å². The van der Waals surface area contributed by atoms with E-state index in [0.717, 1.165) is 22.8 Å². The van der Waals surface area contributed by atoms with Crippen molar-refractivity contribution in [2.24, 2.45) is 11.3 Å². The lowest BCUT2D eigenvalue weighted by molar-refractivity contribution is -0.442. The van der Waals surface area contributed by atoms with Crippen molar-refractivity contribution in [3.05, 3.63) is 141 Å². The minimum absolute atomic E-state index is 0.194. The minimum atomic E-state index is -2.04. The first-order valence-electron chi connectivity index (χ1n) is 14.6. The number of hydrogen-bond donors (Lipinski definition) is 0. The van der Waals surface area contributed by atoms with Crippen LogP contribution in [0.25, 0.3) is 16.8 Å². The van der Waals surface area contributed by atoms with Crippen molar-refractivity contribution in [3.8, 4) is 11.1 Å². The van der Waals surface area contributed by atoms with E-state index in [1.807, 2.05) is 59.5 Å². The fourth-order valence-corrected chi connectivity index (χ4v) is 10.1. The summed E-state index contributed by atoms with van der Waals surface area (Å²) in [6.07, 6.45) is 2.67. The Morgan fingerprint density at radius 2 is 1.47 bits per heavy atom. The van der Waals surface area contributed by atoms with Gasteiger partial charge in [-0.15, -0.1) is 0 Å². The van der Waals surface area contributed by atoms with Crippen LogP contribution in [0.15, 0.2) is 98.7 Å². The standard InChI is InChI=1S/C34H23Br2N3O8/c1-46-30(40)33-28-24(15-20(38(42)43)16-27(28)39(44)45)29-21-6-4-3-5-17(21)11-12-37(29)34(33,31(41)47-2)32(33)25-13-18(35)7-9-22(25)23-10-8-19(36)14-26(23)32/h3-10,13-16,28H,11-12H2,1-2H3. The Bertz CT molecular complexity index is 2090. The highest BCUT2D eigenvalue weighted by Crippen LogP contribution is 2.88. The smallest absolute Gasteiger partial charge is 0.334 e. The first kappa shape index (κ1) is 29.8. The molecule has 0 saturated heterocycles. The number of rotatable bonds is 4. The molecule has 8 rings (SSSR count). The average Bonchev–Trinajstić information content (AvgIpc) is 3.57. The minimum Gasteiger partial charge on any atom is -0.468 e. The molecule has 0 radical (unpaired) electrons. The van der Waals surface area contributed by atoms with Gasteiger partial charge in [0.2, 0.25) is 0 Å². The maximum Gasteiger partial charge on any atom is 0.334 e. The zero-order chi connectivity index (χ0) is 33.2. The van der Waals surface area contributed by atoms with Gasteiger partial charge in [-0.25, -0.2) is 4.79 Å². The van der Waals surface area contributed by atoms with Crippen LogP contribution in [-0.2, 0) is 30.9 Å². The Kier molecular flexibility index (Phi) is 6.15. The van der Waals surface area contributed by atoms with E-state index in [0.29, 0.717) is 37.8 Å². The predicted octanol–water partition coefficient (Wildman–Crippen LogP) is 5.80. The summed E-state index contributed by atoms with van der Waals surface area (Å²) in [6, 6.07) is 18.6. The topological polar surface area (TPSA) is 142 Å². The number of benzene rings is 3. The molecule has 1 saturated carbocycles. The predicted molar refractivity (Wildman–Crippen MR) is 175 cm³/mol. The van der Waals surface area contributed by atoms with E-state index in [1.165, 1.54) is 20.3 Å². The number of nitrogens with zero attached hydrogens (tertiary/aromatic N) is 3. The molecule has 1 spiro atoms. The fraction of sp³-hybridized carbons (Fsp3) is 0.235. The number of esters is 2. The lowest BCUT2D eigenvalue weighted by Gasteiger charge is -2.47. The third kappa shape index (κ3) is 3.17. The number of allylic oxidation sites excluding steroid dienone is 3. The third-order valence-electron chi connectivity index (χ3n) is 10.6. The molecule has 0 bridgehead atoms. The highest BCUT2D eigenvalue weighted by molar-refractivity contribution is 9.10. The molecule has 13 heteroatoms. The molecule has 3 aromatic rings. The van der Waals surface area contributed by atoms with Gasteiger partial charge in [-0.1, -0.05) is 68.3 Å². The number of ether oxygens (including phenoxy) is 2. The van der Waals surface area contributed by atoms with Crippen LogP contribution in [0.3, 0.4) is 0 Å². The molecular formula is C34H23Br2N3O8. The zero-order valence-corrected chi connectivity index (χ0v) is 28.0. The third-order valence-corrected chi connectivity index (χ3v) is 11.6. The molecule has 2 aliphatic heterocycles. The van der Waals surface area contributed by atoms with Crippen molar-refractivity contribution in [2.45, 2.75) is 17.4 Å². The number of nitro groups is 2. The number of methoxy groups -OCH3 is 2. The second-order valence-corrected chi connectivity index (χ2v) is 13.9.